The van der Waals surface area contributed by atoms with Crippen LogP contribution in [0.4, 0.5) is 0 Å². The number of benzene rings is 1. The Morgan fingerprint density at radius 2 is 2.00 bits per heavy atom. The first-order valence-electron chi connectivity index (χ1n) is 4.44. The largest absolute Gasteiger partial charge is 0.507 e. The smallest absolute Gasteiger partial charge is 0.153 e. The Kier molecular flexibility index (Phi) is 2.62. The van der Waals surface area contributed by atoms with Crippen LogP contribution in [0.1, 0.15) is 35.3 Å². The number of nitrogens with two attached hydrogens (primary N) is 1. The first-order chi connectivity index (χ1) is 6.36. The van der Waals surface area contributed by atoms with Gasteiger partial charge in [-0.25, -0.2) is 0 Å². The van der Waals surface area contributed by atoms with Crippen LogP contribution < -0.4 is 5.73 Å². The molecule has 0 spiro atoms. The lowest BCUT2D eigenvalue weighted by atomic mass is 9.91. The molecule has 0 bridgehead atoms. The van der Waals surface area contributed by atoms with Crippen LogP contribution in [0, 0.1) is 6.92 Å². The van der Waals surface area contributed by atoms with Gasteiger partial charge in [0.25, 0.3) is 0 Å². The van der Waals surface area contributed by atoms with Gasteiger partial charge in [-0.3, -0.25) is 4.79 Å². The van der Waals surface area contributed by atoms with Crippen molar-refractivity contribution in [2.24, 2.45) is 5.73 Å². The maximum Gasteiger partial charge on any atom is 0.153 e. The number of aldehydes is 1. The quantitative estimate of drug-likeness (QED) is 0.703. The minimum Gasteiger partial charge on any atom is -0.507 e. The Bertz CT molecular complexity index is 364. The standard InChI is InChI=1S/C11H15NO2/c1-7-4-8(6-13)10(14)9(5-7)11(2,3)12/h4-6,14H,12H2,1-3H3. The minimum atomic E-state index is -0.645. The summed E-state index contributed by atoms with van der Waals surface area (Å²) in [7, 11) is 0. The van der Waals surface area contributed by atoms with E-state index in [0.717, 1.165) is 5.56 Å². The highest BCUT2D eigenvalue weighted by Crippen LogP contribution is 2.30. The lowest BCUT2D eigenvalue weighted by molar-refractivity contribution is 0.112. The lowest BCUT2D eigenvalue weighted by Gasteiger charge is -2.21. The number of phenolic OH excluding ortho intramolecular Hbond substituents is 1. The monoisotopic (exact) mass is 193 g/mol. The van der Waals surface area contributed by atoms with E-state index in [9.17, 15) is 9.90 Å². The van der Waals surface area contributed by atoms with Crippen LogP contribution in [0.3, 0.4) is 0 Å². The molecule has 0 heterocycles. The number of rotatable bonds is 2. The highest BCUT2D eigenvalue weighted by Gasteiger charge is 2.20. The van der Waals surface area contributed by atoms with E-state index < -0.39 is 5.54 Å². The zero-order chi connectivity index (χ0) is 10.9. The van der Waals surface area contributed by atoms with Gasteiger partial charge in [-0.05, 0) is 32.4 Å². The zero-order valence-electron chi connectivity index (χ0n) is 8.66. The minimum absolute atomic E-state index is 0.0156. The predicted octanol–water partition coefficient (Wildman–Crippen LogP) is 1.71. The SMILES string of the molecule is Cc1cc(C=O)c(O)c(C(C)(C)N)c1. The van der Waals surface area contributed by atoms with Gasteiger partial charge in [-0.2, -0.15) is 0 Å². The fourth-order valence-electron chi connectivity index (χ4n) is 1.39. The summed E-state index contributed by atoms with van der Waals surface area (Å²) in [6.07, 6.45) is 0.636. The molecule has 1 aromatic rings. The first-order valence-corrected chi connectivity index (χ1v) is 4.44. The molecule has 1 aromatic carbocycles. The van der Waals surface area contributed by atoms with Gasteiger partial charge in [0.15, 0.2) is 6.29 Å². The van der Waals surface area contributed by atoms with Crippen molar-refractivity contribution in [1.82, 2.24) is 0 Å². The van der Waals surface area contributed by atoms with E-state index in [0.29, 0.717) is 17.4 Å². The van der Waals surface area contributed by atoms with Gasteiger partial charge in [0.1, 0.15) is 5.75 Å². The Morgan fingerprint density at radius 1 is 1.43 bits per heavy atom. The van der Waals surface area contributed by atoms with E-state index in [1.165, 1.54) is 0 Å². The molecule has 0 aliphatic carbocycles. The summed E-state index contributed by atoms with van der Waals surface area (Å²) in [5.74, 6) is -0.0156. The molecule has 76 valence electrons. The topological polar surface area (TPSA) is 63.3 Å². The van der Waals surface area contributed by atoms with Gasteiger partial charge in [-0.1, -0.05) is 6.07 Å². The third kappa shape index (κ3) is 1.93. The average Bonchev–Trinajstić information content (AvgIpc) is 2.06. The van der Waals surface area contributed by atoms with Gasteiger partial charge in [0.2, 0.25) is 0 Å². The zero-order valence-corrected chi connectivity index (χ0v) is 8.66. The molecule has 0 aliphatic heterocycles. The molecular formula is C11H15NO2. The van der Waals surface area contributed by atoms with E-state index in [4.69, 9.17) is 5.73 Å². The maximum atomic E-state index is 10.7. The van der Waals surface area contributed by atoms with E-state index in [-0.39, 0.29) is 5.75 Å². The second kappa shape index (κ2) is 3.42. The first kappa shape index (κ1) is 10.7. The van der Waals surface area contributed by atoms with Crippen LogP contribution in [-0.2, 0) is 5.54 Å². The summed E-state index contributed by atoms with van der Waals surface area (Å²) < 4.78 is 0. The van der Waals surface area contributed by atoms with Crippen molar-refractivity contribution in [2.45, 2.75) is 26.3 Å². The van der Waals surface area contributed by atoms with Crippen LogP contribution in [0.5, 0.6) is 5.75 Å². The van der Waals surface area contributed by atoms with Crippen molar-refractivity contribution in [3.63, 3.8) is 0 Å². The van der Waals surface area contributed by atoms with Gasteiger partial charge in [0, 0.05) is 11.1 Å². The van der Waals surface area contributed by atoms with Gasteiger partial charge >= 0.3 is 0 Å². The second-order valence-electron chi connectivity index (χ2n) is 4.09. The molecule has 0 amide bonds. The van der Waals surface area contributed by atoms with Crippen molar-refractivity contribution in [3.05, 3.63) is 28.8 Å². The van der Waals surface area contributed by atoms with Crippen molar-refractivity contribution >= 4 is 6.29 Å². The summed E-state index contributed by atoms with van der Waals surface area (Å²) in [6, 6.07) is 3.43. The van der Waals surface area contributed by atoms with Gasteiger partial charge in [0.05, 0.1) is 5.56 Å². The third-order valence-electron chi connectivity index (χ3n) is 2.10. The molecule has 3 N–H and O–H groups in total. The Balaban J connectivity index is 3.44. The summed E-state index contributed by atoms with van der Waals surface area (Å²) >= 11 is 0. The molecule has 0 radical (unpaired) electrons. The van der Waals surface area contributed by atoms with E-state index in [2.05, 4.69) is 0 Å². The molecule has 0 aromatic heterocycles. The van der Waals surface area contributed by atoms with Crippen molar-refractivity contribution < 1.29 is 9.90 Å². The lowest BCUT2D eigenvalue weighted by Crippen LogP contribution is -2.29. The summed E-state index contributed by atoms with van der Waals surface area (Å²) in [5, 5.41) is 9.74. The molecule has 0 atom stereocenters. The predicted molar refractivity (Wildman–Crippen MR) is 55.4 cm³/mol. The number of hydrogen-bond donors (Lipinski definition) is 2. The van der Waals surface area contributed by atoms with Crippen molar-refractivity contribution in [3.8, 4) is 5.75 Å². The molecule has 0 unspecified atom stereocenters. The van der Waals surface area contributed by atoms with Gasteiger partial charge < -0.3 is 10.8 Å². The molecule has 14 heavy (non-hydrogen) atoms. The number of carbonyl (C=O) groups excluding carboxylic acids is 1. The van der Waals surface area contributed by atoms with Crippen LogP contribution in [0.2, 0.25) is 0 Å². The number of aryl methyl sites for hydroxylation is 1. The highest BCUT2D eigenvalue weighted by atomic mass is 16.3. The van der Waals surface area contributed by atoms with E-state index in [1.54, 1.807) is 26.0 Å². The number of hydrogen-bond acceptors (Lipinski definition) is 3. The molecule has 0 aliphatic rings. The fraction of sp³-hybridized carbons (Fsp3) is 0.364. The number of carbonyl (C=O) groups is 1. The molecule has 3 nitrogen and oxygen atoms in total. The highest BCUT2D eigenvalue weighted by molar-refractivity contribution is 5.80. The molecule has 0 saturated carbocycles. The van der Waals surface area contributed by atoms with Crippen molar-refractivity contribution in [1.29, 1.82) is 0 Å². The molecule has 0 fully saturated rings. The average molecular weight is 193 g/mol. The number of phenols is 1. The Morgan fingerprint density at radius 3 is 2.43 bits per heavy atom. The van der Waals surface area contributed by atoms with E-state index in [1.807, 2.05) is 6.92 Å². The van der Waals surface area contributed by atoms with Gasteiger partial charge in [-0.15, -0.1) is 0 Å². The van der Waals surface area contributed by atoms with Crippen LogP contribution in [0.15, 0.2) is 12.1 Å². The second-order valence-corrected chi connectivity index (χ2v) is 4.09. The van der Waals surface area contributed by atoms with Crippen molar-refractivity contribution in [2.75, 3.05) is 0 Å². The van der Waals surface area contributed by atoms with E-state index >= 15 is 0 Å². The van der Waals surface area contributed by atoms with Crippen LogP contribution in [0.25, 0.3) is 0 Å². The Labute approximate surface area is 83.6 Å². The summed E-state index contributed by atoms with van der Waals surface area (Å²) in [5.41, 5.74) is 7.03. The molecule has 0 saturated heterocycles. The fourth-order valence-corrected chi connectivity index (χ4v) is 1.39. The number of aromatic hydroxyl groups is 1. The Hall–Kier alpha value is -1.35. The normalized spacial score (nSPS) is 11.4. The van der Waals surface area contributed by atoms with Crippen LogP contribution in [-0.4, -0.2) is 11.4 Å². The maximum absolute atomic E-state index is 10.7. The summed E-state index contributed by atoms with van der Waals surface area (Å²) in [6.45, 7) is 5.44. The molecule has 3 heteroatoms. The molecular weight excluding hydrogens is 178 g/mol. The summed E-state index contributed by atoms with van der Waals surface area (Å²) in [4.78, 5) is 10.7. The molecule has 1 rings (SSSR count). The third-order valence-corrected chi connectivity index (χ3v) is 2.10. The van der Waals surface area contributed by atoms with Crippen LogP contribution >= 0.6 is 0 Å².